The van der Waals surface area contributed by atoms with Crippen molar-refractivity contribution >= 4 is 0 Å². The molecule has 1 heterocycles. The van der Waals surface area contributed by atoms with E-state index in [0.717, 1.165) is 18.4 Å². The first-order valence-corrected chi connectivity index (χ1v) is 7.05. The lowest BCUT2D eigenvalue weighted by Gasteiger charge is -2.28. The van der Waals surface area contributed by atoms with Gasteiger partial charge in [-0.2, -0.15) is 0 Å². The van der Waals surface area contributed by atoms with Gasteiger partial charge in [-0.3, -0.25) is 10.1 Å². The third-order valence-corrected chi connectivity index (χ3v) is 4.04. The van der Waals surface area contributed by atoms with Crippen LogP contribution in [0.25, 0.3) is 0 Å². The Morgan fingerprint density at radius 1 is 1.40 bits per heavy atom. The summed E-state index contributed by atoms with van der Waals surface area (Å²) in [7, 11) is 0. The van der Waals surface area contributed by atoms with Crippen molar-refractivity contribution in [3.05, 3.63) is 46.0 Å². The molecule has 1 aromatic carbocycles. The molecule has 1 aliphatic heterocycles. The largest absolute Gasteiger partial charge is 0.396 e. The van der Waals surface area contributed by atoms with Crippen LogP contribution in [0.1, 0.15) is 31.2 Å². The fourth-order valence-electron chi connectivity index (χ4n) is 3.00. The van der Waals surface area contributed by atoms with E-state index in [1.54, 1.807) is 0 Å². The first kappa shape index (κ1) is 14.9. The van der Waals surface area contributed by atoms with Crippen molar-refractivity contribution in [2.75, 3.05) is 13.2 Å². The maximum atomic E-state index is 11.0. The van der Waals surface area contributed by atoms with Gasteiger partial charge in [0, 0.05) is 17.4 Å². The van der Waals surface area contributed by atoms with Gasteiger partial charge in [0.15, 0.2) is 0 Å². The molecule has 1 N–H and O–H groups in total. The fourth-order valence-corrected chi connectivity index (χ4v) is 3.00. The van der Waals surface area contributed by atoms with Gasteiger partial charge in [-0.05, 0) is 25.3 Å². The van der Waals surface area contributed by atoms with Crippen molar-refractivity contribution in [2.45, 2.75) is 37.9 Å². The Hall–Kier alpha value is -1.46. The van der Waals surface area contributed by atoms with Gasteiger partial charge in [-0.15, -0.1) is 0 Å². The van der Waals surface area contributed by atoms with Crippen LogP contribution in [0.15, 0.2) is 30.3 Å². The third kappa shape index (κ3) is 3.55. The summed E-state index contributed by atoms with van der Waals surface area (Å²) in [6.45, 7) is 1.73. The van der Waals surface area contributed by atoms with Crippen molar-refractivity contribution < 1.29 is 14.8 Å². The van der Waals surface area contributed by atoms with Crippen molar-refractivity contribution in [2.24, 2.45) is 5.92 Å². The second-order valence-corrected chi connectivity index (χ2v) is 5.44. The lowest BCUT2D eigenvalue weighted by Crippen LogP contribution is -2.33. The van der Waals surface area contributed by atoms with Gasteiger partial charge >= 0.3 is 0 Å². The van der Waals surface area contributed by atoms with Crippen LogP contribution in [-0.2, 0) is 4.74 Å². The predicted molar refractivity (Wildman–Crippen MR) is 75.2 cm³/mol. The minimum absolute atomic E-state index is 0.0925. The zero-order valence-corrected chi connectivity index (χ0v) is 11.6. The normalized spacial score (nSPS) is 25.3. The van der Waals surface area contributed by atoms with Gasteiger partial charge in [-0.1, -0.05) is 30.3 Å². The van der Waals surface area contributed by atoms with Crippen molar-refractivity contribution in [1.29, 1.82) is 0 Å². The number of benzene rings is 1. The summed E-state index contributed by atoms with van der Waals surface area (Å²) < 4.78 is 5.82. The van der Waals surface area contributed by atoms with E-state index >= 15 is 0 Å². The second kappa shape index (κ2) is 6.81. The molecule has 0 saturated carbocycles. The number of hydrogen-bond donors (Lipinski definition) is 1. The van der Waals surface area contributed by atoms with E-state index < -0.39 is 0 Å². The average molecular weight is 279 g/mol. The standard InChI is InChI=1S/C15H21NO4/c1-11-7-8-15(20-11)14(10-17)13(9-16(18)19)12-5-3-2-4-6-12/h2-6,11,13-15,17H,7-10H2,1H3/t11-,13+,14-,15+/m0/s1. The molecule has 2 rings (SSSR count). The highest BCUT2D eigenvalue weighted by atomic mass is 16.6. The Labute approximate surface area is 118 Å². The molecule has 20 heavy (non-hydrogen) atoms. The van der Waals surface area contributed by atoms with Crippen LogP contribution >= 0.6 is 0 Å². The number of nitrogens with zero attached hydrogens (tertiary/aromatic N) is 1. The van der Waals surface area contributed by atoms with Gasteiger partial charge < -0.3 is 9.84 Å². The van der Waals surface area contributed by atoms with E-state index in [2.05, 4.69) is 0 Å². The minimum Gasteiger partial charge on any atom is -0.396 e. The number of aliphatic hydroxyl groups excluding tert-OH is 1. The molecule has 0 aliphatic carbocycles. The summed E-state index contributed by atoms with van der Waals surface area (Å²) in [5, 5.41) is 20.7. The summed E-state index contributed by atoms with van der Waals surface area (Å²) >= 11 is 0. The van der Waals surface area contributed by atoms with Crippen LogP contribution in [0, 0.1) is 16.0 Å². The molecular weight excluding hydrogens is 258 g/mol. The van der Waals surface area contributed by atoms with Gasteiger partial charge in [0.2, 0.25) is 6.54 Å². The molecule has 0 bridgehead atoms. The Bertz CT molecular complexity index is 437. The maximum absolute atomic E-state index is 11.0. The maximum Gasteiger partial charge on any atom is 0.211 e. The second-order valence-electron chi connectivity index (χ2n) is 5.44. The molecule has 1 aliphatic rings. The van der Waals surface area contributed by atoms with Crippen molar-refractivity contribution in [1.82, 2.24) is 0 Å². The quantitative estimate of drug-likeness (QED) is 0.640. The smallest absolute Gasteiger partial charge is 0.211 e. The van der Waals surface area contributed by atoms with Crippen LogP contribution < -0.4 is 0 Å². The van der Waals surface area contributed by atoms with E-state index in [1.165, 1.54) is 0 Å². The van der Waals surface area contributed by atoms with Crippen LogP contribution in [0.3, 0.4) is 0 Å². The zero-order valence-electron chi connectivity index (χ0n) is 11.6. The molecule has 5 nitrogen and oxygen atoms in total. The van der Waals surface area contributed by atoms with Crippen LogP contribution in [0.2, 0.25) is 0 Å². The molecule has 110 valence electrons. The van der Waals surface area contributed by atoms with Crippen LogP contribution in [0.5, 0.6) is 0 Å². The molecule has 0 amide bonds. The first-order valence-electron chi connectivity index (χ1n) is 7.05. The Kier molecular flexibility index (Phi) is 5.09. The van der Waals surface area contributed by atoms with E-state index in [-0.39, 0.29) is 42.1 Å². The van der Waals surface area contributed by atoms with E-state index in [4.69, 9.17) is 4.74 Å². The third-order valence-electron chi connectivity index (χ3n) is 4.04. The van der Waals surface area contributed by atoms with E-state index in [1.807, 2.05) is 37.3 Å². The highest BCUT2D eigenvalue weighted by Crippen LogP contribution is 2.34. The highest BCUT2D eigenvalue weighted by Gasteiger charge is 2.37. The van der Waals surface area contributed by atoms with Crippen LogP contribution in [0.4, 0.5) is 0 Å². The molecule has 0 radical (unpaired) electrons. The lowest BCUT2D eigenvalue weighted by molar-refractivity contribution is -0.485. The molecule has 0 unspecified atom stereocenters. The van der Waals surface area contributed by atoms with Gasteiger partial charge in [0.1, 0.15) is 0 Å². The van der Waals surface area contributed by atoms with Crippen molar-refractivity contribution in [3.8, 4) is 0 Å². The summed E-state index contributed by atoms with van der Waals surface area (Å²) in [6, 6.07) is 9.39. The Morgan fingerprint density at radius 2 is 2.10 bits per heavy atom. The lowest BCUT2D eigenvalue weighted by atomic mass is 9.82. The Balaban J connectivity index is 2.22. The van der Waals surface area contributed by atoms with Gasteiger partial charge in [0.05, 0.1) is 18.1 Å². The topological polar surface area (TPSA) is 72.6 Å². The van der Waals surface area contributed by atoms with Crippen molar-refractivity contribution in [3.63, 3.8) is 0 Å². The molecular formula is C15H21NO4. The summed E-state index contributed by atoms with van der Waals surface area (Å²) in [5.41, 5.74) is 0.895. The molecule has 0 aromatic heterocycles. The highest BCUT2D eigenvalue weighted by molar-refractivity contribution is 5.21. The molecule has 0 spiro atoms. The molecule has 1 fully saturated rings. The van der Waals surface area contributed by atoms with E-state index in [0.29, 0.717) is 0 Å². The average Bonchev–Trinajstić information content (AvgIpc) is 2.85. The van der Waals surface area contributed by atoms with E-state index in [9.17, 15) is 15.2 Å². The number of ether oxygens (including phenoxy) is 1. The monoisotopic (exact) mass is 279 g/mol. The van der Waals surface area contributed by atoms with Gasteiger partial charge in [-0.25, -0.2) is 0 Å². The number of rotatable bonds is 6. The molecule has 5 heteroatoms. The minimum atomic E-state index is -0.313. The van der Waals surface area contributed by atoms with Crippen LogP contribution in [-0.4, -0.2) is 35.4 Å². The molecule has 1 aromatic rings. The zero-order chi connectivity index (χ0) is 14.5. The molecule has 1 saturated heterocycles. The summed E-state index contributed by atoms with van der Waals surface area (Å²) in [5.74, 6) is -0.542. The number of hydrogen-bond acceptors (Lipinski definition) is 4. The first-order chi connectivity index (χ1) is 9.61. The summed E-state index contributed by atoms with van der Waals surface area (Å²) in [4.78, 5) is 10.7. The SMILES string of the molecule is C[C@H]1CC[C@H]([C@@H](CO)[C@H](C[N+](=O)[O-])c2ccccc2)O1. The number of aliphatic hydroxyl groups is 1. The fraction of sp³-hybridized carbons (Fsp3) is 0.600. The van der Waals surface area contributed by atoms with Gasteiger partial charge in [0.25, 0.3) is 0 Å². The number of nitro groups is 1. The molecule has 4 atom stereocenters. The predicted octanol–water partition coefficient (Wildman–Crippen LogP) is 2.22. The Morgan fingerprint density at radius 3 is 2.60 bits per heavy atom. The summed E-state index contributed by atoms with van der Waals surface area (Å²) in [6.07, 6.45) is 1.87.